The molecule has 5 nitrogen and oxygen atoms in total. The maximum absolute atomic E-state index is 13.4. The predicted molar refractivity (Wildman–Crippen MR) is 112 cm³/mol. The fourth-order valence-electron chi connectivity index (χ4n) is 3.53. The van der Waals surface area contributed by atoms with E-state index in [1.165, 1.54) is 29.8 Å². The second kappa shape index (κ2) is 7.83. The molecule has 0 unspecified atom stereocenters. The molecule has 6 heteroatoms. The van der Waals surface area contributed by atoms with E-state index in [9.17, 15) is 14.5 Å². The van der Waals surface area contributed by atoms with Crippen LogP contribution >= 0.6 is 0 Å². The Morgan fingerprint density at radius 2 is 1.69 bits per heavy atom. The molecular formula is C23H20FN3O2. The van der Waals surface area contributed by atoms with Gasteiger partial charge in [-0.15, -0.1) is 0 Å². The lowest BCUT2D eigenvalue weighted by Crippen LogP contribution is -2.18. The van der Waals surface area contributed by atoms with E-state index >= 15 is 0 Å². The third-order valence-corrected chi connectivity index (χ3v) is 5.19. The van der Waals surface area contributed by atoms with Crippen molar-refractivity contribution in [1.29, 1.82) is 0 Å². The lowest BCUT2D eigenvalue weighted by Gasteiger charge is -2.23. The van der Waals surface area contributed by atoms with Gasteiger partial charge in [0.1, 0.15) is 5.82 Å². The fourth-order valence-corrected chi connectivity index (χ4v) is 3.53. The van der Waals surface area contributed by atoms with Crippen LogP contribution in [0.25, 0.3) is 0 Å². The minimum atomic E-state index is -0.421. The second-order valence-electron chi connectivity index (χ2n) is 6.99. The number of hydrogen-bond acceptors (Lipinski definition) is 4. The van der Waals surface area contributed by atoms with Crippen LogP contribution in [0.4, 0.5) is 15.8 Å². The minimum absolute atomic E-state index is 0.0330. The summed E-state index contributed by atoms with van der Waals surface area (Å²) >= 11 is 0. The van der Waals surface area contributed by atoms with Gasteiger partial charge in [0.05, 0.1) is 22.4 Å². The number of halogens is 1. The van der Waals surface area contributed by atoms with Crippen molar-refractivity contribution in [1.82, 2.24) is 0 Å². The molecule has 0 amide bonds. The fraction of sp³-hybridized carbons (Fsp3) is 0.174. The monoisotopic (exact) mass is 389 g/mol. The van der Waals surface area contributed by atoms with Gasteiger partial charge in [-0.05, 0) is 47.4 Å². The number of hydrogen-bond donors (Lipinski definition) is 0. The van der Waals surface area contributed by atoms with E-state index < -0.39 is 4.92 Å². The molecule has 1 atom stereocenters. The summed E-state index contributed by atoms with van der Waals surface area (Å²) in [6.07, 6.45) is 1.63. The SMILES string of the molecule is CCc1ccc(C2=NN(c3ccc([N+](=O)[O-])cc3)[C@H](c3ccc(F)cc3)C2)cc1. The minimum Gasteiger partial charge on any atom is -0.258 e. The highest BCUT2D eigenvalue weighted by atomic mass is 19.1. The summed E-state index contributed by atoms with van der Waals surface area (Å²) in [6.45, 7) is 2.11. The summed E-state index contributed by atoms with van der Waals surface area (Å²) in [5.74, 6) is -0.287. The molecule has 0 N–H and O–H groups in total. The molecule has 0 bridgehead atoms. The first-order chi connectivity index (χ1) is 14.0. The van der Waals surface area contributed by atoms with Crippen molar-refractivity contribution < 1.29 is 9.31 Å². The van der Waals surface area contributed by atoms with Gasteiger partial charge in [-0.1, -0.05) is 43.3 Å². The Hall–Kier alpha value is -3.54. The molecule has 0 aliphatic carbocycles. The zero-order valence-corrected chi connectivity index (χ0v) is 16.0. The Morgan fingerprint density at radius 3 is 2.28 bits per heavy atom. The maximum Gasteiger partial charge on any atom is 0.269 e. The molecule has 146 valence electrons. The summed E-state index contributed by atoms with van der Waals surface area (Å²) in [6, 6.07) is 21.0. The summed E-state index contributed by atoms with van der Waals surface area (Å²) in [4.78, 5) is 10.5. The molecule has 3 aromatic rings. The van der Waals surface area contributed by atoms with Crippen LogP contribution in [-0.4, -0.2) is 10.6 Å². The topological polar surface area (TPSA) is 58.7 Å². The van der Waals surface area contributed by atoms with Gasteiger partial charge >= 0.3 is 0 Å². The van der Waals surface area contributed by atoms with Crippen LogP contribution < -0.4 is 5.01 Å². The number of benzene rings is 3. The van der Waals surface area contributed by atoms with Gasteiger partial charge in [0.2, 0.25) is 0 Å². The average molecular weight is 389 g/mol. The van der Waals surface area contributed by atoms with Crippen LogP contribution in [0.3, 0.4) is 0 Å². The molecule has 0 saturated heterocycles. The highest BCUT2D eigenvalue weighted by Gasteiger charge is 2.30. The lowest BCUT2D eigenvalue weighted by atomic mass is 9.97. The molecule has 0 fully saturated rings. The van der Waals surface area contributed by atoms with Gasteiger partial charge < -0.3 is 0 Å². The predicted octanol–water partition coefficient (Wildman–Crippen LogP) is 5.65. The van der Waals surface area contributed by atoms with Crippen LogP contribution in [-0.2, 0) is 6.42 Å². The summed E-state index contributed by atoms with van der Waals surface area (Å²) in [7, 11) is 0. The van der Waals surface area contributed by atoms with Crippen LogP contribution in [0.5, 0.6) is 0 Å². The van der Waals surface area contributed by atoms with Crippen LogP contribution in [0.2, 0.25) is 0 Å². The van der Waals surface area contributed by atoms with E-state index in [1.54, 1.807) is 24.3 Å². The molecule has 0 radical (unpaired) electrons. The zero-order chi connectivity index (χ0) is 20.4. The van der Waals surface area contributed by atoms with Crippen molar-refractivity contribution in [3.05, 3.63) is 105 Å². The number of nitro benzene ring substituents is 1. The molecule has 1 aliphatic heterocycles. The van der Waals surface area contributed by atoms with Crippen LogP contribution in [0.15, 0.2) is 77.9 Å². The van der Waals surface area contributed by atoms with E-state index in [4.69, 9.17) is 5.10 Å². The standard InChI is InChI=1S/C23H20FN3O2/c1-2-16-3-5-17(6-4-16)22-15-23(18-7-9-19(24)10-8-18)26(25-22)20-11-13-21(14-12-20)27(28)29/h3-14,23H,2,15H2,1H3/t23-/m0/s1. The average Bonchev–Trinajstić information content (AvgIpc) is 3.20. The van der Waals surface area contributed by atoms with Gasteiger partial charge in [-0.3, -0.25) is 15.1 Å². The van der Waals surface area contributed by atoms with Crippen molar-refractivity contribution in [2.45, 2.75) is 25.8 Å². The van der Waals surface area contributed by atoms with Crippen molar-refractivity contribution in [3.63, 3.8) is 0 Å². The first-order valence-corrected chi connectivity index (χ1v) is 9.51. The lowest BCUT2D eigenvalue weighted by molar-refractivity contribution is -0.384. The molecular weight excluding hydrogens is 369 g/mol. The summed E-state index contributed by atoms with van der Waals surface area (Å²) in [5, 5.41) is 17.7. The molecule has 1 heterocycles. The van der Waals surface area contributed by atoms with Crippen molar-refractivity contribution in [3.8, 4) is 0 Å². The largest absolute Gasteiger partial charge is 0.269 e. The van der Waals surface area contributed by atoms with E-state index in [0.717, 1.165) is 28.9 Å². The third-order valence-electron chi connectivity index (χ3n) is 5.19. The normalized spacial score (nSPS) is 16.0. The number of nitrogens with zero attached hydrogens (tertiary/aromatic N) is 3. The number of rotatable bonds is 5. The number of non-ortho nitro benzene ring substituents is 1. The van der Waals surface area contributed by atoms with Crippen molar-refractivity contribution in [2.24, 2.45) is 5.10 Å². The van der Waals surface area contributed by atoms with Crippen molar-refractivity contribution >= 4 is 17.1 Å². The first-order valence-electron chi connectivity index (χ1n) is 9.51. The Kier molecular flexibility index (Phi) is 5.08. The van der Waals surface area contributed by atoms with Gasteiger partial charge in [-0.25, -0.2) is 4.39 Å². The number of nitro groups is 1. The number of aryl methyl sites for hydroxylation is 1. The molecule has 3 aromatic carbocycles. The Morgan fingerprint density at radius 1 is 1.03 bits per heavy atom. The molecule has 0 spiro atoms. The second-order valence-corrected chi connectivity index (χ2v) is 6.99. The first kappa shape index (κ1) is 18.8. The highest BCUT2D eigenvalue weighted by molar-refractivity contribution is 6.03. The highest BCUT2D eigenvalue weighted by Crippen LogP contribution is 2.37. The smallest absolute Gasteiger partial charge is 0.258 e. The van der Waals surface area contributed by atoms with Gasteiger partial charge in [-0.2, -0.15) is 5.10 Å². The summed E-state index contributed by atoms with van der Waals surface area (Å²) in [5.41, 5.74) is 4.96. The Balaban J connectivity index is 1.71. The van der Waals surface area contributed by atoms with E-state index in [0.29, 0.717) is 6.42 Å². The molecule has 4 rings (SSSR count). The number of anilines is 1. The van der Waals surface area contributed by atoms with E-state index in [2.05, 4.69) is 31.2 Å². The van der Waals surface area contributed by atoms with E-state index in [-0.39, 0.29) is 17.5 Å². The third kappa shape index (κ3) is 3.87. The maximum atomic E-state index is 13.4. The Bertz CT molecular complexity index is 1040. The number of hydrazone groups is 1. The Labute approximate surface area is 168 Å². The van der Waals surface area contributed by atoms with Crippen LogP contribution in [0, 0.1) is 15.9 Å². The van der Waals surface area contributed by atoms with Crippen LogP contribution in [0.1, 0.15) is 36.1 Å². The molecule has 0 saturated carbocycles. The van der Waals surface area contributed by atoms with Gasteiger partial charge in [0, 0.05) is 18.6 Å². The quantitative estimate of drug-likeness (QED) is 0.418. The zero-order valence-electron chi connectivity index (χ0n) is 16.0. The van der Waals surface area contributed by atoms with Crippen molar-refractivity contribution in [2.75, 3.05) is 5.01 Å². The van der Waals surface area contributed by atoms with Gasteiger partial charge in [0.25, 0.3) is 5.69 Å². The molecule has 1 aliphatic rings. The molecule has 0 aromatic heterocycles. The summed E-state index contributed by atoms with van der Waals surface area (Å²) < 4.78 is 13.4. The van der Waals surface area contributed by atoms with Gasteiger partial charge in [0.15, 0.2) is 0 Å². The molecule has 29 heavy (non-hydrogen) atoms. The van der Waals surface area contributed by atoms with E-state index in [1.807, 2.05) is 5.01 Å².